The summed E-state index contributed by atoms with van der Waals surface area (Å²) in [7, 11) is 0. The largest absolute Gasteiger partial charge is 0.490 e. The zero-order chi connectivity index (χ0) is 21.1. The third-order valence-electron chi connectivity index (χ3n) is 5.17. The number of aromatic nitrogens is 3. The van der Waals surface area contributed by atoms with Crippen molar-refractivity contribution in [3.63, 3.8) is 0 Å². The number of Topliss-reactive ketones (excluding diaryl/α,β-unsaturated/α-hetero) is 1. The Morgan fingerprint density at radius 2 is 2.07 bits per heavy atom. The Bertz CT molecular complexity index is 969. The number of thioether (sulfide) groups is 1. The zero-order valence-electron chi connectivity index (χ0n) is 17.7. The third kappa shape index (κ3) is 3.93. The molecule has 4 rings (SSSR count). The maximum absolute atomic E-state index is 13.0. The molecule has 7 nitrogen and oxygen atoms in total. The number of rotatable bonds is 8. The highest BCUT2D eigenvalue weighted by Crippen LogP contribution is 2.42. The van der Waals surface area contributed by atoms with E-state index >= 15 is 0 Å². The number of hydrogen-bond acceptors (Lipinski definition) is 7. The second-order valence-corrected chi connectivity index (χ2v) is 8.51. The number of ether oxygens (including phenoxy) is 2. The predicted octanol–water partition coefficient (Wildman–Crippen LogP) is 4.60. The molecule has 0 spiro atoms. The van der Waals surface area contributed by atoms with E-state index in [0.29, 0.717) is 36.5 Å². The fourth-order valence-electron chi connectivity index (χ4n) is 3.93. The first kappa shape index (κ1) is 20.8. The van der Waals surface area contributed by atoms with Crippen LogP contribution in [0.5, 0.6) is 11.5 Å². The highest BCUT2D eigenvalue weighted by molar-refractivity contribution is 7.99. The molecule has 160 valence electrons. The second-order valence-electron chi connectivity index (χ2n) is 7.28. The van der Waals surface area contributed by atoms with Gasteiger partial charge in [-0.15, -0.1) is 5.10 Å². The molecule has 30 heavy (non-hydrogen) atoms. The van der Waals surface area contributed by atoms with Crippen molar-refractivity contribution >= 4 is 23.5 Å². The van der Waals surface area contributed by atoms with E-state index in [2.05, 4.69) is 24.1 Å². The number of benzene rings is 1. The number of nitrogens with one attached hydrogen (secondary N) is 1. The van der Waals surface area contributed by atoms with Gasteiger partial charge in [0, 0.05) is 17.7 Å². The van der Waals surface area contributed by atoms with Crippen LogP contribution in [0.3, 0.4) is 0 Å². The van der Waals surface area contributed by atoms with Crippen molar-refractivity contribution in [1.82, 2.24) is 14.8 Å². The molecule has 1 N–H and O–H groups in total. The fourth-order valence-corrected chi connectivity index (χ4v) is 4.48. The van der Waals surface area contributed by atoms with Gasteiger partial charge in [0.25, 0.3) is 0 Å². The van der Waals surface area contributed by atoms with Crippen LogP contribution in [-0.2, 0) is 4.79 Å². The van der Waals surface area contributed by atoms with Crippen LogP contribution < -0.4 is 14.8 Å². The molecular formula is C22H28N4O3S. The van der Waals surface area contributed by atoms with Gasteiger partial charge in [0.05, 0.1) is 13.2 Å². The maximum Gasteiger partial charge on any atom is 0.227 e. The first-order chi connectivity index (χ1) is 14.7. The van der Waals surface area contributed by atoms with Gasteiger partial charge in [-0.25, -0.2) is 4.68 Å². The fraction of sp³-hybridized carbons (Fsp3) is 0.500. The Kier molecular flexibility index (Phi) is 6.32. The van der Waals surface area contributed by atoms with E-state index in [1.807, 2.05) is 29.8 Å². The van der Waals surface area contributed by atoms with E-state index in [0.717, 1.165) is 47.6 Å². The lowest BCUT2D eigenvalue weighted by atomic mass is 9.85. The Morgan fingerprint density at radius 3 is 2.83 bits per heavy atom. The lowest BCUT2D eigenvalue weighted by Gasteiger charge is -2.32. The molecule has 0 saturated heterocycles. The normalized spacial score (nSPS) is 18.0. The summed E-state index contributed by atoms with van der Waals surface area (Å²) < 4.78 is 13.6. The minimum atomic E-state index is -0.317. The molecule has 2 heterocycles. The van der Waals surface area contributed by atoms with Gasteiger partial charge in [-0.1, -0.05) is 31.7 Å². The standard InChI is InChI=1S/C22H28N4O3S/c1-4-12-29-17-11-10-14(13-18(17)28-5-2)20-19-15(8-7-9-16(19)27)23-21-24-22(30-6-3)25-26(20)21/h10-11,13,20H,4-9,12H2,1-3H3,(H,23,24,25). The number of anilines is 1. The van der Waals surface area contributed by atoms with Crippen molar-refractivity contribution in [3.05, 3.63) is 35.0 Å². The van der Waals surface area contributed by atoms with Crippen molar-refractivity contribution in [1.29, 1.82) is 0 Å². The average molecular weight is 429 g/mol. The molecule has 1 unspecified atom stereocenters. The number of ketones is 1. The molecule has 2 aliphatic rings. The zero-order valence-corrected chi connectivity index (χ0v) is 18.6. The van der Waals surface area contributed by atoms with E-state index < -0.39 is 0 Å². The van der Waals surface area contributed by atoms with E-state index in [-0.39, 0.29) is 11.8 Å². The first-order valence-electron chi connectivity index (χ1n) is 10.7. The number of carbonyl (C=O) groups is 1. The summed E-state index contributed by atoms with van der Waals surface area (Å²) in [6.07, 6.45) is 3.19. The van der Waals surface area contributed by atoms with Crippen LogP contribution in [0, 0.1) is 0 Å². The van der Waals surface area contributed by atoms with E-state index in [4.69, 9.17) is 14.6 Å². The van der Waals surface area contributed by atoms with Crippen molar-refractivity contribution in [2.24, 2.45) is 0 Å². The Balaban J connectivity index is 1.81. The van der Waals surface area contributed by atoms with Crippen LogP contribution in [0.4, 0.5) is 5.95 Å². The van der Waals surface area contributed by atoms with Crippen molar-refractivity contribution in [2.45, 2.75) is 57.7 Å². The summed E-state index contributed by atoms with van der Waals surface area (Å²) in [5, 5.41) is 8.80. The molecule has 1 aliphatic heterocycles. The van der Waals surface area contributed by atoms with Gasteiger partial charge in [0.1, 0.15) is 6.04 Å². The summed E-state index contributed by atoms with van der Waals surface area (Å²) in [5.41, 5.74) is 2.70. The SMILES string of the molecule is CCCOc1ccc(C2C3=C(CCCC3=O)Nc3nc(SCC)nn32)cc1OCC. The summed E-state index contributed by atoms with van der Waals surface area (Å²) in [4.78, 5) is 17.6. The number of nitrogens with zero attached hydrogens (tertiary/aromatic N) is 3. The van der Waals surface area contributed by atoms with Gasteiger partial charge in [-0.3, -0.25) is 4.79 Å². The van der Waals surface area contributed by atoms with E-state index in [1.165, 1.54) is 0 Å². The molecule has 0 saturated carbocycles. The summed E-state index contributed by atoms with van der Waals surface area (Å²) in [5.74, 6) is 3.16. The monoisotopic (exact) mass is 428 g/mol. The number of allylic oxidation sites excluding steroid dienone is 2. The smallest absolute Gasteiger partial charge is 0.227 e. The Morgan fingerprint density at radius 1 is 1.20 bits per heavy atom. The summed E-state index contributed by atoms with van der Waals surface area (Å²) in [6, 6.07) is 5.61. The van der Waals surface area contributed by atoms with Crippen LogP contribution in [0.2, 0.25) is 0 Å². The minimum Gasteiger partial charge on any atom is -0.490 e. The molecule has 0 fully saturated rings. The Hall–Kier alpha value is -2.48. The topological polar surface area (TPSA) is 78.3 Å². The lowest BCUT2D eigenvalue weighted by molar-refractivity contribution is -0.116. The summed E-state index contributed by atoms with van der Waals surface area (Å²) in [6.45, 7) is 7.27. The molecule has 0 amide bonds. The first-order valence-corrected chi connectivity index (χ1v) is 11.7. The molecule has 1 aromatic heterocycles. The average Bonchev–Trinajstić information content (AvgIpc) is 3.14. The van der Waals surface area contributed by atoms with Crippen LogP contribution >= 0.6 is 11.8 Å². The third-order valence-corrected chi connectivity index (χ3v) is 5.89. The van der Waals surface area contributed by atoms with Crippen LogP contribution in [0.1, 0.15) is 58.1 Å². The number of hydrogen-bond donors (Lipinski definition) is 1. The molecule has 1 aliphatic carbocycles. The second kappa shape index (κ2) is 9.12. The van der Waals surface area contributed by atoms with Gasteiger partial charge < -0.3 is 14.8 Å². The van der Waals surface area contributed by atoms with Gasteiger partial charge >= 0.3 is 0 Å². The van der Waals surface area contributed by atoms with Crippen molar-refractivity contribution in [3.8, 4) is 11.5 Å². The molecule has 0 radical (unpaired) electrons. The van der Waals surface area contributed by atoms with Crippen molar-refractivity contribution in [2.75, 3.05) is 24.3 Å². The molecule has 2 aromatic rings. The number of fused-ring (bicyclic) bond motifs is 1. The predicted molar refractivity (Wildman–Crippen MR) is 117 cm³/mol. The lowest BCUT2D eigenvalue weighted by Crippen LogP contribution is -2.31. The van der Waals surface area contributed by atoms with Gasteiger partial charge in [-0.2, -0.15) is 4.98 Å². The molecule has 8 heteroatoms. The van der Waals surface area contributed by atoms with E-state index in [9.17, 15) is 4.79 Å². The van der Waals surface area contributed by atoms with Crippen LogP contribution in [0.15, 0.2) is 34.6 Å². The van der Waals surface area contributed by atoms with Crippen LogP contribution in [-0.4, -0.2) is 39.5 Å². The minimum absolute atomic E-state index is 0.170. The molecular weight excluding hydrogens is 400 g/mol. The molecule has 1 atom stereocenters. The maximum atomic E-state index is 13.0. The number of carbonyl (C=O) groups excluding carboxylic acids is 1. The molecule has 1 aromatic carbocycles. The van der Waals surface area contributed by atoms with Crippen LogP contribution in [0.25, 0.3) is 0 Å². The quantitative estimate of drug-likeness (QED) is 0.616. The summed E-state index contributed by atoms with van der Waals surface area (Å²) >= 11 is 1.59. The highest BCUT2D eigenvalue weighted by atomic mass is 32.2. The van der Waals surface area contributed by atoms with Gasteiger partial charge in [0.15, 0.2) is 17.3 Å². The van der Waals surface area contributed by atoms with Gasteiger partial charge in [0.2, 0.25) is 11.1 Å². The Labute approximate surface area is 181 Å². The molecule has 0 bridgehead atoms. The highest BCUT2D eigenvalue weighted by Gasteiger charge is 2.37. The van der Waals surface area contributed by atoms with Gasteiger partial charge in [-0.05, 0) is 49.6 Å². The van der Waals surface area contributed by atoms with Crippen molar-refractivity contribution < 1.29 is 14.3 Å². The van der Waals surface area contributed by atoms with E-state index in [1.54, 1.807) is 11.8 Å².